The van der Waals surface area contributed by atoms with Crippen molar-refractivity contribution < 1.29 is 0 Å². The molecule has 4 heteroatoms. The number of aryl methyl sites for hydroxylation is 1. The summed E-state index contributed by atoms with van der Waals surface area (Å²) in [5.41, 5.74) is 12.5. The van der Waals surface area contributed by atoms with E-state index in [0.717, 1.165) is 30.4 Å². The Morgan fingerprint density at radius 1 is 1.50 bits per heavy atom. The summed E-state index contributed by atoms with van der Waals surface area (Å²) in [4.78, 5) is 5.75. The third kappa shape index (κ3) is 2.07. The normalized spacial score (nSPS) is 20.8. The van der Waals surface area contributed by atoms with E-state index in [4.69, 9.17) is 11.5 Å². The van der Waals surface area contributed by atoms with E-state index >= 15 is 0 Å². The minimum absolute atomic E-state index is 0.731. The molecule has 0 saturated carbocycles. The van der Waals surface area contributed by atoms with Gasteiger partial charge < -0.3 is 11.5 Å². The van der Waals surface area contributed by atoms with Gasteiger partial charge >= 0.3 is 0 Å². The second-order valence-corrected chi connectivity index (χ2v) is 5.08. The summed E-state index contributed by atoms with van der Waals surface area (Å²) in [6.07, 6.45) is 5.95. The zero-order valence-electron chi connectivity index (χ0n) is 8.33. The van der Waals surface area contributed by atoms with E-state index in [0.29, 0.717) is 0 Å². The second kappa shape index (κ2) is 4.28. The van der Waals surface area contributed by atoms with Crippen molar-refractivity contribution in [1.29, 1.82) is 0 Å². The molecule has 0 unspecified atom stereocenters. The van der Waals surface area contributed by atoms with Gasteiger partial charge in [0, 0.05) is 4.88 Å². The Bertz CT molecular complexity index is 308. The highest BCUT2D eigenvalue weighted by Gasteiger charge is 2.21. The summed E-state index contributed by atoms with van der Waals surface area (Å²) < 4.78 is 0. The molecule has 1 aliphatic rings. The van der Waals surface area contributed by atoms with Gasteiger partial charge in [0.2, 0.25) is 0 Å². The number of nitrogens with two attached hydrogens (primary N) is 2. The highest BCUT2D eigenvalue weighted by Crippen LogP contribution is 2.32. The van der Waals surface area contributed by atoms with Crippen LogP contribution in [0.3, 0.4) is 0 Å². The molecule has 0 bridgehead atoms. The van der Waals surface area contributed by atoms with Gasteiger partial charge in [-0.15, -0.1) is 11.3 Å². The van der Waals surface area contributed by atoms with Gasteiger partial charge in [0.1, 0.15) is 0 Å². The maximum Gasteiger partial charge on any atom is 0.180 e. The maximum absolute atomic E-state index is 5.69. The molecule has 1 heterocycles. The van der Waals surface area contributed by atoms with Crippen LogP contribution in [0, 0.1) is 5.92 Å². The molecule has 0 fully saturated rings. The van der Waals surface area contributed by atoms with Crippen molar-refractivity contribution >= 4 is 16.5 Å². The lowest BCUT2D eigenvalue weighted by atomic mass is 9.88. The SMILES string of the molecule is NCCC[C@H]1CCc2nc(N)sc2C1. The Balaban J connectivity index is 1.98. The first-order chi connectivity index (χ1) is 6.79. The number of rotatable bonds is 3. The van der Waals surface area contributed by atoms with Gasteiger partial charge in [-0.1, -0.05) is 0 Å². The van der Waals surface area contributed by atoms with Crippen LogP contribution >= 0.6 is 11.3 Å². The number of anilines is 1. The molecule has 1 atom stereocenters. The second-order valence-electron chi connectivity index (χ2n) is 3.96. The Labute approximate surface area is 88.5 Å². The monoisotopic (exact) mass is 211 g/mol. The number of nitrogens with zero attached hydrogens (tertiary/aromatic N) is 1. The van der Waals surface area contributed by atoms with Crippen molar-refractivity contribution in [3.8, 4) is 0 Å². The Kier molecular flexibility index (Phi) is 3.03. The quantitative estimate of drug-likeness (QED) is 0.797. The minimum Gasteiger partial charge on any atom is -0.375 e. The third-order valence-corrected chi connectivity index (χ3v) is 3.82. The first-order valence-corrected chi connectivity index (χ1v) is 6.05. The number of thiazole rings is 1. The molecule has 0 radical (unpaired) electrons. The zero-order valence-corrected chi connectivity index (χ0v) is 9.15. The van der Waals surface area contributed by atoms with E-state index in [1.807, 2.05) is 0 Å². The highest BCUT2D eigenvalue weighted by atomic mass is 32.1. The molecular weight excluding hydrogens is 194 g/mol. The van der Waals surface area contributed by atoms with E-state index in [9.17, 15) is 0 Å². The summed E-state index contributed by atoms with van der Waals surface area (Å²) in [5, 5.41) is 0.731. The molecule has 0 aromatic carbocycles. The molecule has 78 valence electrons. The average molecular weight is 211 g/mol. The molecule has 4 N–H and O–H groups in total. The predicted molar refractivity (Wildman–Crippen MR) is 60.3 cm³/mol. The molecule has 2 rings (SSSR count). The lowest BCUT2D eigenvalue weighted by Crippen LogP contribution is -2.14. The third-order valence-electron chi connectivity index (χ3n) is 2.87. The molecular formula is C10H17N3S. The molecule has 14 heavy (non-hydrogen) atoms. The van der Waals surface area contributed by atoms with Crippen LogP contribution in [-0.2, 0) is 12.8 Å². The summed E-state index contributed by atoms with van der Waals surface area (Å²) >= 11 is 1.66. The van der Waals surface area contributed by atoms with Gasteiger partial charge in [0.15, 0.2) is 5.13 Å². The lowest BCUT2D eigenvalue weighted by Gasteiger charge is -2.20. The van der Waals surface area contributed by atoms with Crippen LogP contribution in [0.25, 0.3) is 0 Å². The van der Waals surface area contributed by atoms with Crippen molar-refractivity contribution in [1.82, 2.24) is 4.98 Å². The molecule has 0 saturated heterocycles. The van der Waals surface area contributed by atoms with Crippen LogP contribution < -0.4 is 11.5 Å². The van der Waals surface area contributed by atoms with E-state index in [2.05, 4.69) is 4.98 Å². The average Bonchev–Trinajstić information content (AvgIpc) is 2.54. The molecule has 0 amide bonds. The number of aromatic nitrogens is 1. The van der Waals surface area contributed by atoms with Crippen molar-refractivity contribution in [2.75, 3.05) is 12.3 Å². The zero-order chi connectivity index (χ0) is 9.97. The van der Waals surface area contributed by atoms with Crippen LogP contribution in [0.2, 0.25) is 0 Å². The molecule has 1 aromatic heterocycles. The van der Waals surface area contributed by atoms with Crippen molar-refractivity contribution in [3.05, 3.63) is 10.6 Å². The van der Waals surface area contributed by atoms with Crippen LogP contribution in [0.15, 0.2) is 0 Å². The summed E-state index contributed by atoms with van der Waals surface area (Å²) in [7, 11) is 0. The van der Waals surface area contributed by atoms with Gasteiger partial charge in [-0.3, -0.25) is 0 Å². The molecule has 0 spiro atoms. The fourth-order valence-electron chi connectivity index (χ4n) is 2.12. The van der Waals surface area contributed by atoms with Crippen LogP contribution in [0.1, 0.15) is 29.8 Å². The largest absolute Gasteiger partial charge is 0.375 e. The van der Waals surface area contributed by atoms with Crippen LogP contribution in [-0.4, -0.2) is 11.5 Å². The topological polar surface area (TPSA) is 64.9 Å². The first-order valence-electron chi connectivity index (χ1n) is 5.23. The van der Waals surface area contributed by atoms with E-state index in [1.54, 1.807) is 11.3 Å². The molecule has 3 nitrogen and oxygen atoms in total. The number of nitrogen functional groups attached to an aromatic ring is 1. The summed E-state index contributed by atoms with van der Waals surface area (Å²) in [5.74, 6) is 0.811. The molecule has 0 aliphatic heterocycles. The fraction of sp³-hybridized carbons (Fsp3) is 0.700. The maximum atomic E-state index is 5.69. The van der Waals surface area contributed by atoms with Gasteiger partial charge in [-0.2, -0.15) is 0 Å². The highest BCUT2D eigenvalue weighted by molar-refractivity contribution is 7.15. The molecule has 1 aliphatic carbocycles. The smallest absolute Gasteiger partial charge is 0.180 e. The van der Waals surface area contributed by atoms with Gasteiger partial charge in [-0.25, -0.2) is 4.98 Å². The Morgan fingerprint density at radius 3 is 3.14 bits per heavy atom. The predicted octanol–water partition coefficient (Wildman–Crippen LogP) is 1.57. The minimum atomic E-state index is 0.731. The van der Waals surface area contributed by atoms with Crippen molar-refractivity contribution in [2.24, 2.45) is 11.7 Å². The lowest BCUT2D eigenvalue weighted by molar-refractivity contribution is 0.418. The van der Waals surface area contributed by atoms with E-state index in [-0.39, 0.29) is 0 Å². The van der Waals surface area contributed by atoms with E-state index in [1.165, 1.54) is 29.8 Å². The van der Waals surface area contributed by atoms with Crippen molar-refractivity contribution in [2.45, 2.75) is 32.1 Å². The van der Waals surface area contributed by atoms with Gasteiger partial charge in [0.05, 0.1) is 5.69 Å². The van der Waals surface area contributed by atoms with E-state index < -0.39 is 0 Å². The first kappa shape index (κ1) is 9.93. The van der Waals surface area contributed by atoms with Gasteiger partial charge in [0.25, 0.3) is 0 Å². The summed E-state index contributed by atoms with van der Waals surface area (Å²) in [6, 6.07) is 0. The summed E-state index contributed by atoms with van der Waals surface area (Å²) in [6.45, 7) is 0.814. The van der Waals surface area contributed by atoms with Crippen LogP contribution in [0.4, 0.5) is 5.13 Å². The Hall–Kier alpha value is -0.610. The Morgan fingerprint density at radius 2 is 2.36 bits per heavy atom. The standard InChI is InChI=1S/C10H17N3S/c11-5-1-2-7-3-4-8-9(6-7)14-10(12)13-8/h7H,1-6,11H2,(H2,12,13)/t7-/m0/s1. The van der Waals surface area contributed by atoms with Gasteiger partial charge in [-0.05, 0) is 44.6 Å². The number of hydrogen-bond donors (Lipinski definition) is 2. The number of hydrogen-bond acceptors (Lipinski definition) is 4. The fourth-order valence-corrected chi connectivity index (χ4v) is 3.11. The number of fused-ring (bicyclic) bond motifs is 1. The van der Waals surface area contributed by atoms with Crippen LogP contribution in [0.5, 0.6) is 0 Å². The van der Waals surface area contributed by atoms with Crippen molar-refractivity contribution in [3.63, 3.8) is 0 Å². The molecule has 1 aromatic rings.